The summed E-state index contributed by atoms with van der Waals surface area (Å²) in [6.45, 7) is 5.25. The van der Waals surface area contributed by atoms with E-state index in [-0.39, 0.29) is 12.5 Å². The number of aliphatic hydroxyl groups excluding tert-OH is 1. The summed E-state index contributed by atoms with van der Waals surface area (Å²) in [7, 11) is 0. The van der Waals surface area contributed by atoms with Gasteiger partial charge in [0.2, 0.25) is 0 Å². The van der Waals surface area contributed by atoms with Crippen molar-refractivity contribution in [2.45, 2.75) is 38.8 Å². The second-order valence-electron chi connectivity index (χ2n) is 4.78. The van der Waals surface area contributed by atoms with Crippen LogP contribution in [0, 0.1) is 0 Å². The molecule has 0 aromatic heterocycles. The fourth-order valence-electron chi connectivity index (χ4n) is 1.41. The van der Waals surface area contributed by atoms with E-state index >= 15 is 0 Å². The molecule has 1 aromatic rings. The molecule has 106 valence electrons. The number of halogens is 1. The molecule has 0 bridgehead atoms. The van der Waals surface area contributed by atoms with Gasteiger partial charge in [-0.2, -0.15) is 0 Å². The molecule has 0 aliphatic carbocycles. The maximum atomic E-state index is 12.0. The van der Waals surface area contributed by atoms with Crippen LogP contribution in [0.5, 0.6) is 5.75 Å². The average molecular weight is 286 g/mol. The minimum absolute atomic E-state index is 0.108. The second kappa shape index (κ2) is 6.78. The molecule has 0 aliphatic rings. The number of aliphatic hydroxyl groups is 1. The molecule has 0 saturated carbocycles. The lowest BCUT2D eigenvalue weighted by Crippen LogP contribution is -2.52. The summed E-state index contributed by atoms with van der Waals surface area (Å²) in [5, 5.41) is 12.7. The number of hydrogen-bond acceptors (Lipinski definition) is 3. The summed E-state index contributed by atoms with van der Waals surface area (Å²) >= 11 is 5.77. The van der Waals surface area contributed by atoms with Crippen LogP contribution >= 0.6 is 11.6 Å². The van der Waals surface area contributed by atoms with Crippen LogP contribution in [0.4, 0.5) is 0 Å². The Balaban J connectivity index is 2.60. The Labute approximate surface area is 118 Å². The van der Waals surface area contributed by atoms with Crippen molar-refractivity contribution in [2.75, 3.05) is 6.61 Å². The Morgan fingerprint density at radius 3 is 2.53 bits per heavy atom. The zero-order valence-electron chi connectivity index (χ0n) is 11.4. The molecule has 1 rings (SSSR count). The molecule has 0 heterocycles. The van der Waals surface area contributed by atoms with Crippen LogP contribution in [0.3, 0.4) is 0 Å². The lowest BCUT2D eigenvalue weighted by atomic mass is 10.00. The Morgan fingerprint density at radius 1 is 1.47 bits per heavy atom. The maximum absolute atomic E-state index is 12.0. The number of carbonyl (C=O) groups excluding carboxylic acids is 1. The Bertz CT molecular complexity index is 415. The number of ether oxygens (including phenoxy) is 1. The molecule has 0 radical (unpaired) electrons. The summed E-state index contributed by atoms with van der Waals surface area (Å²) in [5.74, 6) is 0.322. The third kappa shape index (κ3) is 4.73. The summed E-state index contributed by atoms with van der Waals surface area (Å²) < 4.78 is 5.51. The Kier molecular flexibility index (Phi) is 5.63. The molecule has 2 N–H and O–H groups in total. The van der Waals surface area contributed by atoms with Gasteiger partial charge in [-0.05, 0) is 44.5 Å². The monoisotopic (exact) mass is 285 g/mol. The number of nitrogens with one attached hydrogen (secondary N) is 1. The van der Waals surface area contributed by atoms with Gasteiger partial charge in [0.25, 0.3) is 5.91 Å². The fraction of sp³-hybridized carbons (Fsp3) is 0.500. The quantitative estimate of drug-likeness (QED) is 0.844. The Hall–Kier alpha value is -1.26. The summed E-state index contributed by atoms with van der Waals surface area (Å²) in [4.78, 5) is 12.0. The highest BCUT2D eigenvalue weighted by Gasteiger charge is 2.26. The van der Waals surface area contributed by atoms with E-state index < -0.39 is 11.6 Å². The molecule has 0 fully saturated rings. The van der Waals surface area contributed by atoms with Gasteiger partial charge in [-0.1, -0.05) is 18.5 Å². The van der Waals surface area contributed by atoms with Gasteiger partial charge in [-0.15, -0.1) is 0 Å². The molecule has 0 spiro atoms. The van der Waals surface area contributed by atoms with Gasteiger partial charge in [0.05, 0.1) is 12.1 Å². The molecule has 0 aliphatic heterocycles. The fourth-order valence-corrected chi connectivity index (χ4v) is 1.54. The third-order valence-corrected chi connectivity index (χ3v) is 3.30. The molecular formula is C14H20ClNO3. The molecule has 1 aromatic carbocycles. The van der Waals surface area contributed by atoms with Gasteiger partial charge in [0.15, 0.2) is 6.10 Å². The van der Waals surface area contributed by atoms with E-state index in [4.69, 9.17) is 16.3 Å². The average Bonchev–Trinajstić information content (AvgIpc) is 2.41. The third-order valence-electron chi connectivity index (χ3n) is 3.05. The lowest BCUT2D eigenvalue weighted by Gasteiger charge is -2.28. The van der Waals surface area contributed by atoms with Crippen molar-refractivity contribution >= 4 is 17.5 Å². The van der Waals surface area contributed by atoms with Gasteiger partial charge in [0.1, 0.15) is 5.75 Å². The van der Waals surface area contributed by atoms with Crippen molar-refractivity contribution in [3.63, 3.8) is 0 Å². The van der Waals surface area contributed by atoms with Gasteiger partial charge in [0, 0.05) is 5.02 Å². The van der Waals surface area contributed by atoms with E-state index in [9.17, 15) is 9.90 Å². The molecule has 5 heteroatoms. The summed E-state index contributed by atoms with van der Waals surface area (Å²) in [5.41, 5.74) is -0.616. The smallest absolute Gasteiger partial charge is 0.261 e. The number of carbonyl (C=O) groups is 1. The minimum atomic E-state index is -0.640. The largest absolute Gasteiger partial charge is 0.481 e. The van der Waals surface area contributed by atoms with Gasteiger partial charge >= 0.3 is 0 Å². The zero-order chi connectivity index (χ0) is 14.5. The first kappa shape index (κ1) is 15.8. The van der Waals surface area contributed by atoms with E-state index in [2.05, 4.69) is 5.32 Å². The number of hydrogen-bond donors (Lipinski definition) is 2. The van der Waals surface area contributed by atoms with Crippen LogP contribution in [0.2, 0.25) is 5.02 Å². The van der Waals surface area contributed by atoms with Crippen LogP contribution in [0.1, 0.15) is 27.2 Å². The topological polar surface area (TPSA) is 58.6 Å². The first-order chi connectivity index (χ1) is 8.90. The first-order valence-corrected chi connectivity index (χ1v) is 6.63. The second-order valence-corrected chi connectivity index (χ2v) is 5.21. The van der Waals surface area contributed by atoms with Crippen molar-refractivity contribution in [1.29, 1.82) is 0 Å². The maximum Gasteiger partial charge on any atom is 0.261 e. The van der Waals surface area contributed by atoms with Crippen LogP contribution < -0.4 is 10.1 Å². The highest BCUT2D eigenvalue weighted by atomic mass is 35.5. The van der Waals surface area contributed by atoms with Gasteiger partial charge < -0.3 is 15.2 Å². The van der Waals surface area contributed by atoms with Crippen molar-refractivity contribution in [3.8, 4) is 5.75 Å². The predicted molar refractivity (Wildman–Crippen MR) is 75.5 cm³/mol. The number of rotatable bonds is 6. The Morgan fingerprint density at radius 2 is 2.05 bits per heavy atom. The van der Waals surface area contributed by atoms with Crippen molar-refractivity contribution in [1.82, 2.24) is 5.32 Å². The van der Waals surface area contributed by atoms with E-state index in [1.54, 1.807) is 38.1 Å². The highest BCUT2D eigenvalue weighted by Crippen LogP contribution is 2.17. The van der Waals surface area contributed by atoms with E-state index in [1.165, 1.54) is 0 Å². The zero-order valence-corrected chi connectivity index (χ0v) is 12.2. The van der Waals surface area contributed by atoms with Crippen molar-refractivity contribution < 1.29 is 14.6 Å². The van der Waals surface area contributed by atoms with Crippen LogP contribution in [-0.2, 0) is 4.79 Å². The van der Waals surface area contributed by atoms with Gasteiger partial charge in [-0.3, -0.25) is 4.79 Å². The lowest BCUT2D eigenvalue weighted by molar-refractivity contribution is -0.129. The van der Waals surface area contributed by atoms with Crippen molar-refractivity contribution in [2.24, 2.45) is 0 Å². The molecule has 4 nitrogen and oxygen atoms in total. The van der Waals surface area contributed by atoms with E-state index in [1.807, 2.05) is 6.92 Å². The SMILES string of the molecule is CCC(C)(CO)NC(=O)C(C)Oc1ccc(Cl)cc1. The van der Waals surface area contributed by atoms with Crippen LogP contribution in [0.15, 0.2) is 24.3 Å². The summed E-state index contributed by atoms with van der Waals surface area (Å²) in [6, 6.07) is 6.81. The standard InChI is InChI=1S/C14H20ClNO3/c1-4-14(3,9-17)16-13(18)10(2)19-12-7-5-11(15)6-8-12/h5-8,10,17H,4,9H2,1-3H3,(H,16,18). The minimum Gasteiger partial charge on any atom is -0.481 e. The van der Waals surface area contributed by atoms with E-state index in [0.717, 1.165) is 0 Å². The summed E-state index contributed by atoms with van der Waals surface area (Å²) in [6.07, 6.45) is 0.00159. The molecule has 0 saturated heterocycles. The van der Waals surface area contributed by atoms with Crippen LogP contribution in [-0.4, -0.2) is 29.3 Å². The highest BCUT2D eigenvalue weighted by molar-refractivity contribution is 6.30. The normalized spacial score (nSPS) is 15.4. The first-order valence-electron chi connectivity index (χ1n) is 6.25. The number of benzene rings is 1. The van der Waals surface area contributed by atoms with Crippen molar-refractivity contribution in [3.05, 3.63) is 29.3 Å². The van der Waals surface area contributed by atoms with Gasteiger partial charge in [-0.25, -0.2) is 0 Å². The number of amides is 1. The van der Waals surface area contributed by atoms with E-state index in [0.29, 0.717) is 17.2 Å². The molecular weight excluding hydrogens is 266 g/mol. The molecule has 19 heavy (non-hydrogen) atoms. The predicted octanol–water partition coefficient (Wildman–Crippen LogP) is 2.38. The molecule has 2 atom stereocenters. The molecule has 1 amide bonds. The van der Waals surface area contributed by atoms with Crippen LogP contribution in [0.25, 0.3) is 0 Å². The molecule has 2 unspecified atom stereocenters.